The van der Waals surface area contributed by atoms with Crippen molar-refractivity contribution in [1.29, 1.82) is 0 Å². The number of halogens is 1. The summed E-state index contributed by atoms with van der Waals surface area (Å²) >= 11 is 0. The molecule has 1 aromatic rings. The maximum atomic E-state index is 5.53. The molecule has 0 aliphatic carbocycles. The van der Waals surface area contributed by atoms with Crippen molar-refractivity contribution in [3.63, 3.8) is 0 Å². The highest BCUT2D eigenvalue weighted by atomic mass is 127. The number of morpholine rings is 1. The predicted octanol–water partition coefficient (Wildman–Crippen LogP) is 3.22. The summed E-state index contributed by atoms with van der Waals surface area (Å²) in [4.78, 5) is 7.25. The first-order valence-electron chi connectivity index (χ1n) is 10.6. The Kier molecular flexibility index (Phi) is 12.2. The molecule has 0 unspecified atom stereocenters. The molecular weight excluding hydrogens is 507 g/mol. The first kappa shape index (κ1) is 27.5. The smallest absolute Gasteiger partial charge is 0.191 e. The Bertz CT molecular complexity index is 719. The molecular formula is C23H39IN4O3. The van der Waals surface area contributed by atoms with E-state index in [-0.39, 0.29) is 29.5 Å². The molecule has 8 heteroatoms. The minimum atomic E-state index is 0. The van der Waals surface area contributed by atoms with E-state index in [1.165, 1.54) is 0 Å². The molecule has 1 aliphatic heterocycles. The van der Waals surface area contributed by atoms with Crippen LogP contribution in [0.15, 0.2) is 29.8 Å². The molecule has 1 fully saturated rings. The topological polar surface area (TPSA) is 67.4 Å². The summed E-state index contributed by atoms with van der Waals surface area (Å²) in [6, 6.07) is 4.09. The molecule has 7 nitrogen and oxygen atoms in total. The minimum absolute atomic E-state index is 0. The Morgan fingerprint density at radius 3 is 2.52 bits per heavy atom. The zero-order valence-corrected chi connectivity index (χ0v) is 22.0. The molecule has 0 saturated carbocycles. The third-order valence-electron chi connectivity index (χ3n) is 5.30. The SMILES string of the molecule is C=CCc1cc(CN=C(NCC)NCC(C)(C)N2CCOCC2)cc(OC)c1OC.I. The molecule has 2 rings (SSSR count). The molecule has 1 heterocycles. The number of rotatable bonds is 10. The van der Waals surface area contributed by atoms with E-state index in [9.17, 15) is 0 Å². The minimum Gasteiger partial charge on any atom is -0.493 e. The van der Waals surface area contributed by atoms with Crippen molar-refractivity contribution in [3.8, 4) is 11.5 Å². The first-order chi connectivity index (χ1) is 14.4. The molecule has 0 atom stereocenters. The fourth-order valence-corrected chi connectivity index (χ4v) is 3.60. The van der Waals surface area contributed by atoms with Gasteiger partial charge in [-0.2, -0.15) is 0 Å². The summed E-state index contributed by atoms with van der Waals surface area (Å²) in [5, 5.41) is 6.85. The number of hydrogen-bond donors (Lipinski definition) is 2. The zero-order chi connectivity index (χ0) is 22.0. The summed E-state index contributed by atoms with van der Waals surface area (Å²) in [5.41, 5.74) is 2.12. The van der Waals surface area contributed by atoms with E-state index >= 15 is 0 Å². The Morgan fingerprint density at radius 1 is 1.23 bits per heavy atom. The van der Waals surface area contributed by atoms with E-state index in [0.717, 1.165) is 62.2 Å². The van der Waals surface area contributed by atoms with Gasteiger partial charge in [-0.25, -0.2) is 4.99 Å². The number of guanidine groups is 1. The lowest BCUT2D eigenvalue weighted by molar-refractivity contribution is -0.00834. The number of benzene rings is 1. The number of methoxy groups -OCH3 is 2. The lowest BCUT2D eigenvalue weighted by atomic mass is 10.0. The average molecular weight is 546 g/mol. The maximum absolute atomic E-state index is 5.53. The van der Waals surface area contributed by atoms with Gasteiger partial charge in [0, 0.05) is 37.3 Å². The number of allylic oxidation sites excluding steroid dienone is 1. The van der Waals surface area contributed by atoms with Crippen molar-refractivity contribution in [2.45, 2.75) is 39.3 Å². The van der Waals surface area contributed by atoms with Crippen LogP contribution >= 0.6 is 24.0 Å². The lowest BCUT2D eigenvalue weighted by Gasteiger charge is -2.41. The molecule has 1 aromatic carbocycles. The summed E-state index contributed by atoms with van der Waals surface area (Å²) < 4.78 is 16.5. The molecule has 2 N–H and O–H groups in total. The second kappa shape index (κ2) is 13.8. The highest BCUT2D eigenvalue weighted by Gasteiger charge is 2.28. The van der Waals surface area contributed by atoms with Crippen LogP contribution in [0.5, 0.6) is 11.5 Å². The fraction of sp³-hybridized carbons (Fsp3) is 0.609. The summed E-state index contributed by atoms with van der Waals surface area (Å²) in [6.45, 7) is 16.1. The molecule has 1 aliphatic rings. The van der Waals surface area contributed by atoms with Gasteiger partial charge in [0.05, 0.1) is 34.0 Å². The van der Waals surface area contributed by atoms with Crippen molar-refractivity contribution >= 4 is 29.9 Å². The average Bonchev–Trinajstić information content (AvgIpc) is 2.76. The van der Waals surface area contributed by atoms with Crippen LogP contribution in [0, 0.1) is 0 Å². The lowest BCUT2D eigenvalue weighted by Crippen LogP contribution is -2.56. The molecule has 0 amide bonds. The van der Waals surface area contributed by atoms with Gasteiger partial charge in [-0.15, -0.1) is 30.6 Å². The van der Waals surface area contributed by atoms with Gasteiger partial charge in [0.15, 0.2) is 17.5 Å². The normalized spacial score (nSPS) is 15.1. The van der Waals surface area contributed by atoms with E-state index in [1.807, 2.05) is 12.1 Å². The molecule has 0 spiro atoms. The van der Waals surface area contributed by atoms with Crippen LogP contribution in [0.1, 0.15) is 31.9 Å². The van der Waals surface area contributed by atoms with E-state index in [4.69, 9.17) is 19.2 Å². The number of nitrogens with one attached hydrogen (secondary N) is 2. The second-order valence-corrected chi connectivity index (χ2v) is 7.94. The van der Waals surface area contributed by atoms with Crippen LogP contribution in [0.2, 0.25) is 0 Å². The van der Waals surface area contributed by atoms with Crippen LogP contribution in [-0.2, 0) is 17.7 Å². The van der Waals surface area contributed by atoms with Gasteiger partial charge < -0.3 is 24.8 Å². The summed E-state index contributed by atoms with van der Waals surface area (Å²) in [6.07, 6.45) is 2.58. The van der Waals surface area contributed by atoms with Crippen LogP contribution in [0.3, 0.4) is 0 Å². The molecule has 1 saturated heterocycles. The van der Waals surface area contributed by atoms with E-state index in [0.29, 0.717) is 18.7 Å². The van der Waals surface area contributed by atoms with Gasteiger partial charge in [-0.05, 0) is 44.9 Å². The van der Waals surface area contributed by atoms with Crippen molar-refractivity contribution in [1.82, 2.24) is 15.5 Å². The maximum Gasteiger partial charge on any atom is 0.191 e. The largest absolute Gasteiger partial charge is 0.493 e. The highest BCUT2D eigenvalue weighted by molar-refractivity contribution is 14.0. The molecule has 31 heavy (non-hydrogen) atoms. The summed E-state index contributed by atoms with van der Waals surface area (Å²) in [5.74, 6) is 2.27. The Labute approximate surface area is 204 Å². The molecule has 176 valence electrons. The first-order valence-corrected chi connectivity index (χ1v) is 10.6. The van der Waals surface area contributed by atoms with Crippen LogP contribution < -0.4 is 20.1 Å². The molecule has 0 radical (unpaired) electrons. The van der Waals surface area contributed by atoms with Crippen molar-refractivity contribution < 1.29 is 14.2 Å². The third-order valence-corrected chi connectivity index (χ3v) is 5.30. The van der Waals surface area contributed by atoms with Gasteiger partial charge >= 0.3 is 0 Å². The standard InChI is InChI=1S/C23H38N4O3.HI/c1-7-9-19-14-18(15-20(28-5)21(19)29-6)16-25-22(24-8-2)26-17-23(3,4)27-10-12-30-13-11-27;/h7,14-15H,1,8-13,16-17H2,2-6H3,(H2,24,25,26);1H. The van der Waals surface area contributed by atoms with E-state index in [1.54, 1.807) is 14.2 Å². The number of ether oxygens (including phenoxy) is 3. The van der Waals surface area contributed by atoms with Crippen molar-refractivity contribution in [2.24, 2.45) is 4.99 Å². The monoisotopic (exact) mass is 546 g/mol. The van der Waals surface area contributed by atoms with Gasteiger partial charge in [0.1, 0.15) is 0 Å². The van der Waals surface area contributed by atoms with Crippen LogP contribution in [-0.4, -0.2) is 70.0 Å². The van der Waals surface area contributed by atoms with E-state index < -0.39 is 0 Å². The van der Waals surface area contributed by atoms with Crippen molar-refractivity contribution in [2.75, 3.05) is 53.6 Å². The summed E-state index contributed by atoms with van der Waals surface area (Å²) in [7, 11) is 3.31. The zero-order valence-electron chi connectivity index (χ0n) is 19.6. The van der Waals surface area contributed by atoms with E-state index in [2.05, 4.69) is 49.0 Å². The fourth-order valence-electron chi connectivity index (χ4n) is 3.60. The van der Waals surface area contributed by atoms with Crippen LogP contribution in [0.25, 0.3) is 0 Å². The van der Waals surface area contributed by atoms with Crippen LogP contribution in [0.4, 0.5) is 0 Å². The van der Waals surface area contributed by atoms with Gasteiger partial charge in [-0.1, -0.05) is 6.08 Å². The number of aliphatic imine (C=N–C) groups is 1. The van der Waals surface area contributed by atoms with Gasteiger partial charge in [0.2, 0.25) is 0 Å². The Hall–Kier alpha value is -1.52. The Balaban J connectivity index is 0.00000480. The second-order valence-electron chi connectivity index (χ2n) is 7.94. The quantitative estimate of drug-likeness (QED) is 0.204. The Morgan fingerprint density at radius 2 is 1.94 bits per heavy atom. The predicted molar refractivity (Wildman–Crippen MR) is 138 cm³/mol. The van der Waals surface area contributed by atoms with Crippen molar-refractivity contribution in [3.05, 3.63) is 35.9 Å². The highest BCUT2D eigenvalue weighted by Crippen LogP contribution is 2.33. The van der Waals surface area contributed by atoms with Gasteiger partial charge in [-0.3, -0.25) is 4.90 Å². The van der Waals surface area contributed by atoms with Gasteiger partial charge in [0.25, 0.3) is 0 Å². The molecule has 0 bridgehead atoms. The number of hydrogen-bond acceptors (Lipinski definition) is 5. The third kappa shape index (κ3) is 8.16. The number of nitrogens with zero attached hydrogens (tertiary/aromatic N) is 2. The molecule has 0 aromatic heterocycles.